The number of hydrogen-bond donors (Lipinski definition) is 0. The molecule has 0 bridgehead atoms. The number of rotatable bonds is 4. The molecule has 116 valence electrons. The lowest BCUT2D eigenvalue weighted by molar-refractivity contribution is 0.0194. The molecular weight excluding hydrogens is 298 g/mol. The minimum absolute atomic E-state index is 0.000852. The Morgan fingerprint density at radius 2 is 2.09 bits per heavy atom. The third kappa shape index (κ3) is 3.11. The van der Waals surface area contributed by atoms with Crippen LogP contribution in [-0.2, 0) is 22.4 Å². The van der Waals surface area contributed by atoms with Gasteiger partial charge in [0.2, 0.25) is 0 Å². The Balaban J connectivity index is 1.86. The minimum Gasteiger partial charge on any atom is -0.468 e. The average molecular weight is 317 g/mol. The minimum atomic E-state index is -0.000852. The Kier molecular flexibility index (Phi) is 4.38. The van der Waals surface area contributed by atoms with Gasteiger partial charge in [-0.1, -0.05) is 30.3 Å². The van der Waals surface area contributed by atoms with Crippen LogP contribution in [0.3, 0.4) is 0 Å². The summed E-state index contributed by atoms with van der Waals surface area (Å²) in [5.74, 6) is 1.40. The molecule has 0 fully saturated rings. The number of ether oxygens (including phenoxy) is 1. The summed E-state index contributed by atoms with van der Waals surface area (Å²) in [4.78, 5) is 5.25. The monoisotopic (exact) mass is 317 g/mol. The molecule has 1 aliphatic rings. The van der Waals surface area contributed by atoms with Crippen molar-refractivity contribution >= 4 is 17.7 Å². The topological polar surface area (TPSA) is 48.6 Å². The van der Waals surface area contributed by atoms with Gasteiger partial charge >= 0.3 is 0 Å². The molecule has 0 radical (unpaired) electrons. The van der Waals surface area contributed by atoms with Gasteiger partial charge in [0.15, 0.2) is 6.61 Å². The summed E-state index contributed by atoms with van der Waals surface area (Å²) >= 11 is 1.73. The highest BCUT2D eigenvalue weighted by molar-refractivity contribution is 7.98. The van der Waals surface area contributed by atoms with Crippen molar-refractivity contribution in [3.8, 4) is 0 Å². The highest BCUT2D eigenvalue weighted by atomic mass is 32.2. The van der Waals surface area contributed by atoms with Crippen molar-refractivity contribution in [2.24, 2.45) is 12.2 Å². The molecule has 0 saturated heterocycles. The van der Waals surface area contributed by atoms with Gasteiger partial charge in [0.1, 0.15) is 11.1 Å². The molecule has 1 unspecified atom stereocenters. The molecule has 3 rings (SSSR count). The average Bonchev–Trinajstić information content (AvgIpc) is 2.80. The summed E-state index contributed by atoms with van der Waals surface area (Å²) in [5, 5.41) is 9.61. The van der Waals surface area contributed by atoms with Gasteiger partial charge < -0.3 is 9.57 Å². The number of hydrogen-bond acceptors (Lipinski definition) is 5. The molecule has 1 atom stereocenters. The summed E-state index contributed by atoms with van der Waals surface area (Å²) in [5.41, 5.74) is 3.10. The van der Waals surface area contributed by atoms with Gasteiger partial charge in [0.05, 0.1) is 11.3 Å². The zero-order chi connectivity index (χ0) is 15.5. The van der Waals surface area contributed by atoms with E-state index in [0.717, 1.165) is 22.0 Å². The molecule has 0 N–H and O–H groups in total. The van der Waals surface area contributed by atoms with Crippen LogP contribution in [0.15, 0.2) is 40.5 Å². The molecule has 1 aliphatic heterocycles. The largest absolute Gasteiger partial charge is 0.468 e. The number of nitrogens with zero attached hydrogens (tertiary/aromatic N) is 3. The van der Waals surface area contributed by atoms with Gasteiger partial charge in [0.25, 0.3) is 5.90 Å². The van der Waals surface area contributed by atoms with Gasteiger partial charge in [0, 0.05) is 12.8 Å². The quantitative estimate of drug-likeness (QED) is 0.813. The zero-order valence-corrected chi connectivity index (χ0v) is 13.8. The van der Waals surface area contributed by atoms with Crippen molar-refractivity contribution < 1.29 is 9.57 Å². The van der Waals surface area contributed by atoms with Crippen LogP contribution in [0, 0.1) is 6.92 Å². The first-order valence-electron chi connectivity index (χ1n) is 7.22. The van der Waals surface area contributed by atoms with Crippen molar-refractivity contribution in [3.63, 3.8) is 0 Å². The molecule has 5 nitrogen and oxygen atoms in total. The van der Waals surface area contributed by atoms with Crippen LogP contribution < -0.4 is 0 Å². The Morgan fingerprint density at radius 3 is 2.82 bits per heavy atom. The molecule has 6 heteroatoms. The van der Waals surface area contributed by atoms with E-state index in [1.807, 2.05) is 31.6 Å². The lowest BCUT2D eigenvalue weighted by Gasteiger charge is -2.20. The Labute approximate surface area is 134 Å². The smallest absolute Gasteiger partial charge is 0.262 e. The lowest BCUT2D eigenvalue weighted by Crippen LogP contribution is -2.26. The van der Waals surface area contributed by atoms with Crippen LogP contribution in [0.1, 0.15) is 23.7 Å². The number of aromatic nitrogens is 2. The van der Waals surface area contributed by atoms with Gasteiger partial charge in [-0.2, -0.15) is 5.10 Å². The molecule has 0 aliphatic carbocycles. The highest BCUT2D eigenvalue weighted by Crippen LogP contribution is 2.29. The number of thioether (sulfide) groups is 1. The van der Waals surface area contributed by atoms with E-state index in [-0.39, 0.29) is 6.10 Å². The molecule has 1 aromatic heterocycles. The second kappa shape index (κ2) is 6.44. The van der Waals surface area contributed by atoms with Crippen LogP contribution in [0.4, 0.5) is 0 Å². The van der Waals surface area contributed by atoms with E-state index in [4.69, 9.17) is 9.57 Å². The molecule has 22 heavy (non-hydrogen) atoms. The second-order valence-electron chi connectivity index (χ2n) is 5.28. The first kappa shape index (κ1) is 15.0. The van der Waals surface area contributed by atoms with Crippen LogP contribution in [-0.4, -0.2) is 28.4 Å². The maximum absolute atomic E-state index is 5.82. The van der Waals surface area contributed by atoms with E-state index in [2.05, 4.69) is 34.5 Å². The molecule has 2 heterocycles. The van der Waals surface area contributed by atoms with Gasteiger partial charge in [-0.15, -0.1) is 11.8 Å². The normalized spacial score (nSPS) is 17.6. The summed E-state index contributed by atoms with van der Waals surface area (Å²) in [6.07, 6.45) is -0.000852. The van der Waals surface area contributed by atoms with Crippen molar-refractivity contribution in [2.45, 2.75) is 30.7 Å². The van der Waals surface area contributed by atoms with Crippen LogP contribution >= 0.6 is 11.8 Å². The Hall–Kier alpha value is -1.95. The summed E-state index contributed by atoms with van der Waals surface area (Å²) in [6, 6.07) is 10.4. The Morgan fingerprint density at radius 1 is 1.32 bits per heavy atom. The van der Waals surface area contributed by atoms with E-state index in [0.29, 0.717) is 12.5 Å². The predicted molar refractivity (Wildman–Crippen MR) is 87.0 cm³/mol. The standard InChI is InChI=1S/C16H19N3O2S/c1-11-9-20-18-15(21-11)14-12(2)17-19(3)16(14)22-10-13-7-5-4-6-8-13/h4-8,11H,9-10H2,1-3H3. The maximum atomic E-state index is 5.82. The summed E-state index contributed by atoms with van der Waals surface area (Å²) in [6.45, 7) is 4.42. The molecule has 0 saturated carbocycles. The van der Waals surface area contributed by atoms with E-state index in [1.54, 1.807) is 11.8 Å². The highest BCUT2D eigenvalue weighted by Gasteiger charge is 2.25. The summed E-state index contributed by atoms with van der Waals surface area (Å²) < 4.78 is 7.70. The lowest BCUT2D eigenvalue weighted by atomic mass is 10.2. The SMILES string of the molecule is Cc1nn(C)c(SCc2ccccc2)c1C1=NOCC(C)O1. The van der Waals surface area contributed by atoms with Crippen LogP contribution in [0.25, 0.3) is 0 Å². The van der Waals surface area contributed by atoms with Gasteiger partial charge in [-0.3, -0.25) is 4.68 Å². The summed E-state index contributed by atoms with van der Waals surface area (Å²) in [7, 11) is 1.94. The van der Waals surface area contributed by atoms with Gasteiger partial charge in [-0.25, -0.2) is 0 Å². The predicted octanol–water partition coefficient (Wildman–Crippen LogP) is 3.12. The van der Waals surface area contributed by atoms with E-state index < -0.39 is 0 Å². The van der Waals surface area contributed by atoms with E-state index >= 15 is 0 Å². The third-order valence-corrected chi connectivity index (χ3v) is 4.59. The fourth-order valence-electron chi connectivity index (χ4n) is 2.33. The first-order valence-corrected chi connectivity index (χ1v) is 8.21. The number of benzene rings is 1. The maximum Gasteiger partial charge on any atom is 0.262 e. The second-order valence-corrected chi connectivity index (χ2v) is 6.25. The first-order chi connectivity index (χ1) is 10.6. The molecule has 2 aromatic rings. The van der Waals surface area contributed by atoms with E-state index in [1.165, 1.54) is 5.56 Å². The van der Waals surface area contributed by atoms with Crippen molar-refractivity contribution in [3.05, 3.63) is 47.2 Å². The van der Waals surface area contributed by atoms with Gasteiger partial charge in [-0.05, 0) is 24.6 Å². The fraction of sp³-hybridized carbons (Fsp3) is 0.375. The third-order valence-electron chi connectivity index (χ3n) is 3.37. The van der Waals surface area contributed by atoms with Crippen LogP contribution in [0.2, 0.25) is 0 Å². The number of oxime groups is 1. The van der Waals surface area contributed by atoms with Crippen molar-refractivity contribution in [1.29, 1.82) is 0 Å². The molecule has 0 amide bonds. The molecule has 0 spiro atoms. The van der Waals surface area contributed by atoms with Crippen molar-refractivity contribution in [2.75, 3.05) is 6.61 Å². The van der Waals surface area contributed by atoms with E-state index in [9.17, 15) is 0 Å². The molecule has 1 aromatic carbocycles. The molecular formula is C16H19N3O2S. The fourth-order valence-corrected chi connectivity index (χ4v) is 3.43. The zero-order valence-electron chi connectivity index (χ0n) is 12.9. The van der Waals surface area contributed by atoms with Crippen molar-refractivity contribution in [1.82, 2.24) is 9.78 Å². The number of aryl methyl sites for hydroxylation is 2. The Bertz CT molecular complexity index is 682. The van der Waals surface area contributed by atoms with Crippen LogP contribution in [0.5, 0.6) is 0 Å².